The Morgan fingerprint density at radius 1 is 0.833 bits per heavy atom. The maximum absolute atomic E-state index is 8.81. The molecular weight excluding hydrogens is 180 g/mol. The van der Waals surface area contributed by atoms with Gasteiger partial charge in [0.25, 0.3) is 0 Å². The van der Waals surface area contributed by atoms with Crippen molar-refractivity contribution >= 4 is 16.1 Å². The zero-order chi connectivity index (χ0) is 9.83. The summed E-state index contributed by atoms with van der Waals surface area (Å²) in [7, 11) is -3.23. The Kier molecular flexibility index (Phi) is 3.69. The van der Waals surface area contributed by atoms with Crippen LogP contribution in [0.1, 0.15) is 0 Å². The highest BCUT2D eigenvalue weighted by molar-refractivity contribution is 6.89. The third-order valence-electron chi connectivity index (χ3n) is 1.98. The monoisotopic (exact) mass is 196 g/mol. The van der Waals surface area contributed by atoms with E-state index in [-0.39, 0.29) is 0 Å². The van der Waals surface area contributed by atoms with Crippen LogP contribution in [-0.2, 0) is 0 Å². The van der Waals surface area contributed by atoms with Gasteiger partial charge in [0.05, 0.1) is 0 Å². The number of rotatable bonds is 3. The predicted octanol–water partition coefficient (Wildman–Crippen LogP) is 2.53. The molecule has 0 bridgehead atoms. The van der Waals surface area contributed by atoms with Crippen LogP contribution < -0.4 is 0 Å². The third-order valence-corrected chi connectivity index (χ3v) is 6.69. The van der Waals surface area contributed by atoms with Crippen molar-refractivity contribution in [3.8, 4) is 11.4 Å². The molecule has 0 aromatic carbocycles. The van der Waals surface area contributed by atoms with Crippen molar-refractivity contribution in [2.45, 2.75) is 38.3 Å². The van der Waals surface area contributed by atoms with Gasteiger partial charge in [-0.3, -0.25) is 0 Å². The zero-order valence-corrected chi connectivity index (χ0v) is 10.3. The molecule has 2 nitrogen and oxygen atoms in total. The van der Waals surface area contributed by atoms with Crippen LogP contribution in [0.25, 0.3) is 0 Å². The van der Waals surface area contributed by atoms with Crippen LogP contribution in [0.3, 0.4) is 0 Å². The molecule has 0 fully saturated rings. The fourth-order valence-electron chi connectivity index (χ4n) is 0.737. The second-order valence-corrected chi connectivity index (χ2v) is 13.5. The Hall–Kier alpha value is -0.586. The number of hydrogen-bond donors (Lipinski definition) is 0. The lowest BCUT2D eigenvalue weighted by Crippen LogP contribution is -2.30. The van der Waals surface area contributed by atoms with Crippen molar-refractivity contribution in [2.24, 2.45) is 0 Å². The van der Waals surface area contributed by atoms with Gasteiger partial charge in [-0.2, -0.15) is 0 Å². The fraction of sp³-hybridized carbons (Fsp3) is 0.750. The van der Waals surface area contributed by atoms with Crippen LogP contribution in [-0.4, -0.2) is 16.1 Å². The molecule has 4 heteroatoms. The smallest absolute Gasteiger partial charge is 0.167 e. The van der Waals surface area contributed by atoms with E-state index < -0.39 is 16.1 Å². The quantitative estimate of drug-likeness (QED) is 0.651. The Morgan fingerprint density at radius 2 is 1.08 bits per heavy atom. The molecule has 0 spiro atoms. The molecule has 0 amide bonds. The first kappa shape index (κ1) is 11.4. The number of hydrogen-bond acceptors (Lipinski definition) is 2. The highest BCUT2D eigenvalue weighted by Gasteiger charge is 2.27. The molecule has 0 N–H and O–H groups in total. The average molecular weight is 196 g/mol. The third kappa shape index (κ3) is 4.32. The molecule has 66 valence electrons. The summed E-state index contributed by atoms with van der Waals surface area (Å²) in [4.78, 5) is 0. The van der Waals surface area contributed by atoms with Gasteiger partial charge in [0.15, 0.2) is 16.1 Å². The van der Waals surface area contributed by atoms with Gasteiger partial charge in [0.2, 0.25) is 0 Å². The first-order chi connectivity index (χ1) is 5.33. The van der Waals surface area contributed by atoms with Gasteiger partial charge >= 0.3 is 0 Å². The van der Waals surface area contributed by atoms with Gasteiger partial charge in [0.1, 0.15) is 0 Å². The normalized spacial score (nSPS) is 11.8. The lowest BCUT2D eigenvalue weighted by Gasteiger charge is -2.17. The summed E-state index contributed by atoms with van der Waals surface area (Å²) in [6.07, 6.45) is 0. The van der Waals surface area contributed by atoms with Gasteiger partial charge in [0, 0.05) is 11.4 Å². The molecule has 0 aliphatic carbocycles. The van der Waals surface area contributed by atoms with Crippen molar-refractivity contribution < 1.29 is 0 Å². The lowest BCUT2D eigenvalue weighted by molar-refractivity contribution is 1.29. The molecule has 0 aliphatic heterocycles. The molecular formula is C8H16N2Si2. The van der Waals surface area contributed by atoms with Crippen molar-refractivity contribution in [1.82, 2.24) is 0 Å². The molecule has 0 saturated heterocycles. The molecule has 0 aromatic rings. The summed E-state index contributed by atoms with van der Waals surface area (Å²) in [6.45, 7) is 8.26. The van der Waals surface area contributed by atoms with E-state index in [1.165, 1.54) is 0 Å². The lowest BCUT2D eigenvalue weighted by atomic mass is 10.9. The van der Waals surface area contributed by atoms with Crippen molar-refractivity contribution in [2.75, 3.05) is 0 Å². The second kappa shape index (κ2) is 3.88. The Morgan fingerprint density at radius 3 is 1.25 bits per heavy atom. The van der Waals surface area contributed by atoms with E-state index in [4.69, 9.17) is 10.5 Å². The molecule has 12 heavy (non-hydrogen) atoms. The van der Waals surface area contributed by atoms with E-state index in [1.807, 2.05) is 0 Å². The van der Waals surface area contributed by atoms with Crippen molar-refractivity contribution in [1.29, 1.82) is 10.5 Å². The SMILES string of the molecule is C[Si](C)(C#N)CC[Si](C)(C)C#N. The number of nitriles is 2. The van der Waals surface area contributed by atoms with E-state index in [1.54, 1.807) is 0 Å². The minimum absolute atomic E-state index is 0.982. The van der Waals surface area contributed by atoms with Crippen LogP contribution in [0.5, 0.6) is 0 Å². The van der Waals surface area contributed by atoms with Crippen molar-refractivity contribution in [3.05, 3.63) is 0 Å². The molecule has 0 rings (SSSR count). The van der Waals surface area contributed by atoms with Gasteiger partial charge in [-0.15, -0.1) is 0 Å². The Labute approximate surface area is 76.8 Å². The van der Waals surface area contributed by atoms with Gasteiger partial charge in [-0.1, -0.05) is 26.2 Å². The van der Waals surface area contributed by atoms with E-state index in [0.29, 0.717) is 0 Å². The molecule has 0 radical (unpaired) electrons. The second-order valence-electron chi connectivity index (χ2n) is 4.49. The van der Waals surface area contributed by atoms with Crippen LogP contribution in [0, 0.1) is 21.9 Å². The largest absolute Gasteiger partial charge is 0.207 e. The summed E-state index contributed by atoms with van der Waals surface area (Å²) < 4.78 is 0. The average Bonchev–Trinajstić information content (AvgIpc) is 2.02. The highest BCUT2D eigenvalue weighted by atomic mass is 28.3. The van der Waals surface area contributed by atoms with Crippen LogP contribution in [0.15, 0.2) is 0 Å². The van der Waals surface area contributed by atoms with Crippen LogP contribution in [0.2, 0.25) is 38.3 Å². The maximum Gasteiger partial charge on any atom is 0.167 e. The zero-order valence-electron chi connectivity index (χ0n) is 8.31. The summed E-state index contributed by atoms with van der Waals surface area (Å²) in [5.74, 6) is 0. The predicted molar refractivity (Wildman–Crippen MR) is 55.8 cm³/mol. The minimum atomic E-state index is -1.61. The topological polar surface area (TPSA) is 47.6 Å². The van der Waals surface area contributed by atoms with Gasteiger partial charge in [-0.05, 0) is 12.1 Å². The Bertz CT molecular complexity index is 206. The van der Waals surface area contributed by atoms with Crippen LogP contribution >= 0.6 is 0 Å². The first-order valence-corrected chi connectivity index (χ1v) is 10.6. The molecule has 0 saturated carbocycles. The molecule has 0 heterocycles. The van der Waals surface area contributed by atoms with E-state index in [9.17, 15) is 0 Å². The fourth-order valence-corrected chi connectivity index (χ4v) is 5.96. The Balaban J connectivity index is 4.04. The molecule has 0 unspecified atom stereocenters. The highest BCUT2D eigenvalue weighted by Crippen LogP contribution is 2.18. The standard InChI is InChI=1S/C8H16N2Si2/c1-11(2,7-9)5-6-12(3,4)8-10/h5-6H2,1-4H3. The summed E-state index contributed by atoms with van der Waals surface area (Å²) >= 11 is 0. The van der Waals surface area contributed by atoms with Crippen LogP contribution in [0.4, 0.5) is 0 Å². The first-order valence-electron chi connectivity index (χ1n) is 4.15. The van der Waals surface area contributed by atoms with Crippen molar-refractivity contribution in [3.63, 3.8) is 0 Å². The van der Waals surface area contributed by atoms with E-state index >= 15 is 0 Å². The van der Waals surface area contributed by atoms with Gasteiger partial charge < -0.3 is 0 Å². The summed E-state index contributed by atoms with van der Waals surface area (Å²) in [5, 5.41) is 17.6. The molecule has 0 aliphatic rings. The minimum Gasteiger partial charge on any atom is -0.207 e. The molecule has 0 aromatic heterocycles. The number of nitrogens with zero attached hydrogens (tertiary/aromatic N) is 2. The van der Waals surface area contributed by atoms with E-state index in [0.717, 1.165) is 12.1 Å². The maximum atomic E-state index is 8.81. The summed E-state index contributed by atoms with van der Waals surface area (Å²) in [6, 6.07) is 1.96. The van der Waals surface area contributed by atoms with Gasteiger partial charge in [-0.25, -0.2) is 10.5 Å². The van der Waals surface area contributed by atoms with E-state index in [2.05, 4.69) is 37.6 Å². The molecule has 0 atom stereocenters. The summed E-state index contributed by atoms with van der Waals surface area (Å²) in [5.41, 5.74) is 4.78.